The molecule has 0 aliphatic carbocycles. The molecular weight excluding hydrogens is 360 g/mol. The van der Waals surface area contributed by atoms with Crippen molar-refractivity contribution >= 4 is 11.9 Å². The number of β-amino-alcohol motifs (C(OH)–C–C–N with tert-alkyl or cyclic N) is 1. The van der Waals surface area contributed by atoms with Crippen LogP contribution in [0.5, 0.6) is 5.75 Å². The van der Waals surface area contributed by atoms with Gasteiger partial charge in [0.1, 0.15) is 18.5 Å². The smallest absolute Gasteiger partial charge is 0.337 e. The summed E-state index contributed by atoms with van der Waals surface area (Å²) >= 11 is 0. The molecular formula is C20H26N4O4. The van der Waals surface area contributed by atoms with Crippen molar-refractivity contribution in [2.75, 3.05) is 51.3 Å². The normalized spacial score (nSPS) is 16.3. The third-order valence-corrected chi connectivity index (χ3v) is 4.61. The molecule has 8 heteroatoms. The van der Waals surface area contributed by atoms with Gasteiger partial charge in [-0.25, -0.2) is 14.8 Å². The molecule has 3 rings (SSSR count). The van der Waals surface area contributed by atoms with Gasteiger partial charge in [-0.1, -0.05) is 0 Å². The summed E-state index contributed by atoms with van der Waals surface area (Å²) in [6.07, 6.45) is 3.90. The van der Waals surface area contributed by atoms with E-state index in [1.165, 1.54) is 7.11 Å². The van der Waals surface area contributed by atoms with Crippen molar-refractivity contribution in [1.82, 2.24) is 14.9 Å². The van der Waals surface area contributed by atoms with Gasteiger partial charge in [-0.3, -0.25) is 4.90 Å². The van der Waals surface area contributed by atoms with Crippen LogP contribution in [0.15, 0.2) is 42.7 Å². The monoisotopic (exact) mass is 386 g/mol. The molecule has 150 valence electrons. The number of carbonyl (C=O) groups is 1. The SMILES string of the molecule is COC(=O)c1ccc(OCC(O)CN2CCCN(c3ncccn3)CC2)cc1. The lowest BCUT2D eigenvalue weighted by atomic mass is 10.2. The van der Waals surface area contributed by atoms with Crippen LogP contribution in [-0.2, 0) is 4.74 Å². The zero-order valence-corrected chi connectivity index (χ0v) is 16.0. The Morgan fingerprint density at radius 3 is 2.61 bits per heavy atom. The fraction of sp³-hybridized carbons (Fsp3) is 0.450. The molecule has 8 nitrogen and oxygen atoms in total. The number of hydrogen-bond donors (Lipinski definition) is 1. The Bertz CT molecular complexity index is 742. The predicted molar refractivity (Wildman–Crippen MR) is 105 cm³/mol. The molecule has 0 amide bonds. The second kappa shape index (κ2) is 10.0. The molecule has 1 aliphatic heterocycles. The number of ether oxygens (including phenoxy) is 2. The molecule has 2 aromatic rings. The average Bonchev–Trinajstić information content (AvgIpc) is 2.98. The number of carbonyl (C=O) groups excluding carboxylic acids is 1. The van der Waals surface area contributed by atoms with Crippen LogP contribution in [0.25, 0.3) is 0 Å². The first kappa shape index (κ1) is 20.0. The van der Waals surface area contributed by atoms with Crippen LogP contribution in [0, 0.1) is 0 Å². The van der Waals surface area contributed by atoms with E-state index >= 15 is 0 Å². The van der Waals surface area contributed by atoms with Gasteiger partial charge in [0.05, 0.1) is 12.7 Å². The van der Waals surface area contributed by atoms with Crippen molar-refractivity contribution in [3.8, 4) is 5.75 Å². The Morgan fingerprint density at radius 1 is 1.14 bits per heavy atom. The molecule has 1 atom stereocenters. The number of nitrogens with zero attached hydrogens (tertiary/aromatic N) is 4. The van der Waals surface area contributed by atoms with Crippen LogP contribution in [0.1, 0.15) is 16.8 Å². The summed E-state index contributed by atoms with van der Waals surface area (Å²) in [5.74, 6) is 0.973. The third-order valence-electron chi connectivity index (χ3n) is 4.61. The van der Waals surface area contributed by atoms with Crippen LogP contribution in [-0.4, -0.2) is 78.5 Å². The van der Waals surface area contributed by atoms with Crippen molar-refractivity contribution in [1.29, 1.82) is 0 Å². The van der Waals surface area contributed by atoms with Gasteiger partial charge in [0.15, 0.2) is 0 Å². The van der Waals surface area contributed by atoms with Crippen LogP contribution in [0.4, 0.5) is 5.95 Å². The maximum Gasteiger partial charge on any atom is 0.337 e. The number of anilines is 1. The zero-order valence-electron chi connectivity index (χ0n) is 16.0. The Hall–Kier alpha value is -2.71. The maximum absolute atomic E-state index is 11.4. The number of aromatic nitrogens is 2. The molecule has 1 fully saturated rings. The number of esters is 1. The van der Waals surface area contributed by atoms with Crippen molar-refractivity contribution in [3.05, 3.63) is 48.3 Å². The van der Waals surface area contributed by atoms with Gasteiger partial charge < -0.3 is 19.5 Å². The van der Waals surface area contributed by atoms with E-state index in [-0.39, 0.29) is 12.6 Å². The quantitative estimate of drug-likeness (QED) is 0.711. The topological polar surface area (TPSA) is 88.0 Å². The summed E-state index contributed by atoms with van der Waals surface area (Å²) in [7, 11) is 1.35. The van der Waals surface area contributed by atoms with Crippen molar-refractivity contribution < 1.29 is 19.4 Å². The lowest BCUT2D eigenvalue weighted by Gasteiger charge is -2.24. The largest absolute Gasteiger partial charge is 0.491 e. The number of aliphatic hydroxyl groups excluding tert-OH is 1. The molecule has 1 aromatic heterocycles. The minimum Gasteiger partial charge on any atom is -0.491 e. The van der Waals surface area contributed by atoms with E-state index in [4.69, 9.17) is 4.74 Å². The summed E-state index contributed by atoms with van der Waals surface area (Å²) in [6, 6.07) is 8.49. The highest BCUT2D eigenvalue weighted by molar-refractivity contribution is 5.89. The highest BCUT2D eigenvalue weighted by Gasteiger charge is 2.19. The number of benzene rings is 1. The molecule has 0 spiro atoms. The molecule has 1 unspecified atom stereocenters. The molecule has 28 heavy (non-hydrogen) atoms. The molecule has 1 N–H and O–H groups in total. The van der Waals surface area contributed by atoms with Crippen molar-refractivity contribution in [2.45, 2.75) is 12.5 Å². The molecule has 1 aliphatic rings. The van der Waals surface area contributed by atoms with Crippen LogP contribution < -0.4 is 9.64 Å². The van der Waals surface area contributed by atoms with E-state index < -0.39 is 6.10 Å². The lowest BCUT2D eigenvalue weighted by molar-refractivity contribution is 0.0599. The van der Waals surface area contributed by atoms with Gasteiger partial charge in [-0.05, 0) is 43.3 Å². The Morgan fingerprint density at radius 2 is 1.89 bits per heavy atom. The molecule has 0 bridgehead atoms. The van der Waals surface area contributed by atoms with Crippen molar-refractivity contribution in [2.24, 2.45) is 0 Å². The average molecular weight is 386 g/mol. The van der Waals surface area contributed by atoms with E-state index in [2.05, 4.69) is 24.5 Å². The number of rotatable bonds is 7. The summed E-state index contributed by atoms with van der Waals surface area (Å²) in [5.41, 5.74) is 0.465. The highest BCUT2D eigenvalue weighted by atomic mass is 16.5. The summed E-state index contributed by atoms with van der Waals surface area (Å²) in [6.45, 7) is 4.22. The first-order valence-corrected chi connectivity index (χ1v) is 9.39. The Kier molecular flexibility index (Phi) is 7.16. The standard InChI is InChI=1S/C20H26N4O4/c1-27-19(26)16-4-6-18(7-5-16)28-15-17(25)14-23-10-3-11-24(13-12-23)20-21-8-2-9-22-20/h2,4-9,17,25H,3,10-15H2,1H3. The third kappa shape index (κ3) is 5.64. The second-order valence-electron chi connectivity index (χ2n) is 6.67. The molecule has 2 heterocycles. The lowest BCUT2D eigenvalue weighted by Crippen LogP contribution is -2.38. The summed E-state index contributed by atoms with van der Waals surface area (Å²) in [4.78, 5) is 24.5. The first-order chi connectivity index (χ1) is 13.7. The first-order valence-electron chi connectivity index (χ1n) is 9.39. The number of aliphatic hydroxyl groups is 1. The zero-order chi connectivity index (χ0) is 19.8. The summed E-state index contributed by atoms with van der Waals surface area (Å²) in [5, 5.41) is 10.3. The van der Waals surface area contributed by atoms with Crippen LogP contribution in [0.3, 0.4) is 0 Å². The number of methoxy groups -OCH3 is 1. The van der Waals surface area contributed by atoms with Gasteiger partial charge in [0.25, 0.3) is 0 Å². The minimum atomic E-state index is -0.597. The van der Waals surface area contributed by atoms with Crippen molar-refractivity contribution in [3.63, 3.8) is 0 Å². The predicted octanol–water partition coefficient (Wildman–Crippen LogP) is 1.22. The highest BCUT2D eigenvalue weighted by Crippen LogP contribution is 2.14. The molecule has 0 radical (unpaired) electrons. The number of hydrogen-bond acceptors (Lipinski definition) is 8. The second-order valence-corrected chi connectivity index (χ2v) is 6.67. The molecule has 0 saturated carbocycles. The van der Waals surface area contributed by atoms with Gasteiger partial charge in [0.2, 0.25) is 5.95 Å². The van der Waals surface area contributed by atoms with Gasteiger partial charge in [-0.15, -0.1) is 0 Å². The minimum absolute atomic E-state index is 0.194. The molecule has 1 aromatic carbocycles. The van der Waals surface area contributed by atoms with Crippen LogP contribution in [0.2, 0.25) is 0 Å². The van der Waals surface area contributed by atoms with Gasteiger partial charge in [-0.2, -0.15) is 0 Å². The van der Waals surface area contributed by atoms with Gasteiger partial charge in [0, 0.05) is 38.6 Å². The maximum atomic E-state index is 11.4. The summed E-state index contributed by atoms with van der Waals surface area (Å²) < 4.78 is 10.3. The Labute approximate surface area is 164 Å². The van der Waals surface area contributed by atoms with E-state index in [1.807, 2.05) is 6.07 Å². The Balaban J connectivity index is 1.43. The van der Waals surface area contributed by atoms with Crippen LogP contribution >= 0.6 is 0 Å². The molecule has 1 saturated heterocycles. The van der Waals surface area contributed by atoms with Gasteiger partial charge >= 0.3 is 5.97 Å². The van der Waals surface area contributed by atoms with E-state index in [9.17, 15) is 9.90 Å². The van der Waals surface area contributed by atoms with E-state index in [1.54, 1.807) is 36.7 Å². The van der Waals surface area contributed by atoms with E-state index in [0.717, 1.165) is 38.5 Å². The fourth-order valence-electron chi connectivity index (χ4n) is 3.16. The van der Waals surface area contributed by atoms with E-state index in [0.29, 0.717) is 17.9 Å². The fourth-order valence-corrected chi connectivity index (χ4v) is 3.16.